The largest absolute Gasteiger partial charge is 0.494 e. The van der Waals surface area contributed by atoms with E-state index in [4.69, 9.17) is 4.74 Å². The van der Waals surface area contributed by atoms with E-state index in [1.807, 2.05) is 61.5 Å². The second kappa shape index (κ2) is 8.03. The third-order valence-electron chi connectivity index (χ3n) is 3.57. The molecular weight excluding hydrogens is 332 g/mol. The number of nitrogens with zero attached hydrogens (tertiary/aromatic N) is 1. The zero-order valence-electron chi connectivity index (χ0n) is 14.3. The van der Waals surface area contributed by atoms with Crippen LogP contribution in [-0.4, -0.2) is 17.7 Å². The summed E-state index contributed by atoms with van der Waals surface area (Å²) in [5.74, 6) is 0.719. The van der Waals surface area contributed by atoms with Gasteiger partial charge >= 0.3 is 0 Å². The van der Waals surface area contributed by atoms with E-state index in [2.05, 4.69) is 17.2 Å². The van der Waals surface area contributed by atoms with E-state index in [1.165, 1.54) is 17.3 Å². The molecular formula is C20H20N2O2S. The van der Waals surface area contributed by atoms with Crippen molar-refractivity contribution < 1.29 is 9.53 Å². The maximum atomic E-state index is 12.1. The van der Waals surface area contributed by atoms with E-state index < -0.39 is 0 Å². The third kappa shape index (κ3) is 4.73. The number of hydrogen-bond acceptors (Lipinski definition) is 4. The highest BCUT2D eigenvalue weighted by Gasteiger charge is 2.23. The molecule has 25 heavy (non-hydrogen) atoms. The van der Waals surface area contributed by atoms with Crippen LogP contribution in [0.2, 0.25) is 0 Å². The fourth-order valence-electron chi connectivity index (χ4n) is 2.25. The van der Waals surface area contributed by atoms with Crippen molar-refractivity contribution in [1.29, 1.82) is 0 Å². The number of rotatable bonds is 5. The lowest BCUT2D eigenvalue weighted by atomic mass is 10.2. The Morgan fingerprint density at radius 2 is 1.84 bits per heavy atom. The molecule has 5 heteroatoms. The van der Waals surface area contributed by atoms with E-state index in [0.717, 1.165) is 23.4 Å². The number of hydrogen-bond donors (Lipinski definition) is 1. The zero-order valence-corrected chi connectivity index (χ0v) is 15.1. The number of aryl methyl sites for hydroxylation is 1. The number of amides is 1. The van der Waals surface area contributed by atoms with Crippen LogP contribution in [0.25, 0.3) is 6.08 Å². The molecule has 128 valence electrons. The average molecular weight is 352 g/mol. The summed E-state index contributed by atoms with van der Waals surface area (Å²) >= 11 is 1.35. The summed E-state index contributed by atoms with van der Waals surface area (Å²) in [6, 6.07) is 15.6. The second-order valence-electron chi connectivity index (χ2n) is 5.73. The zero-order chi connectivity index (χ0) is 17.6. The van der Waals surface area contributed by atoms with Crippen LogP contribution in [-0.2, 0) is 4.79 Å². The molecule has 3 rings (SSSR count). The topological polar surface area (TPSA) is 50.7 Å². The van der Waals surface area contributed by atoms with E-state index in [0.29, 0.717) is 16.7 Å². The van der Waals surface area contributed by atoms with Gasteiger partial charge in [0.15, 0.2) is 5.17 Å². The minimum atomic E-state index is -0.123. The molecule has 1 heterocycles. The molecule has 0 radical (unpaired) electrons. The fraction of sp³-hybridized carbons (Fsp3) is 0.200. The number of ether oxygens (including phenoxy) is 1. The second-order valence-corrected chi connectivity index (χ2v) is 6.77. The van der Waals surface area contributed by atoms with Gasteiger partial charge in [-0.2, -0.15) is 0 Å². The molecule has 0 bridgehead atoms. The summed E-state index contributed by atoms with van der Waals surface area (Å²) in [4.78, 5) is 17.2. The van der Waals surface area contributed by atoms with Crippen molar-refractivity contribution in [3.63, 3.8) is 0 Å². The van der Waals surface area contributed by atoms with Gasteiger partial charge < -0.3 is 10.1 Å². The predicted molar refractivity (Wildman–Crippen MR) is 104 cm³/mol. The van der Waals surface area contributed by atoms with Crippen molar-refractivity contribution in [2.24, 2.45) is 4.99 Å². The van der Waals surface area contributed by atoms with E-state index in [9.17, 15) is 4.79 Å². The average Bonchev–Trinajstić information content (AvgIpc) is 2.95. The molecule has 2 aromatic rings. The van der Waals surface area contributed by atoms with Gasteiger partial charge in [0.25, 0.3) is 5.91 Å². The van der Waals surface area contributed by atoms with E-state index in [-0.39, 0.29) is 5.91 Å². The van der Waals surface area contributed by atoms with Crippen molar-refractivity contribution in [3.05, 3.63) is 64.6 Å². The third-order valence-corrected chi connectivity index (χ3v) is 4.48. The first kappa shape index (κ1) is 17.3. The Labute approximate surface area is 152 Å². The first-order valence-corrected chi connectivity index (χ1v) is 9.05. The summed E-state index contributed by atoms with van der Waals surface area (Å²) in [6.07, 6.45) is 2.84. The number of benzene rings is 2. The Kier molecular flexibility index (Phi) is 5.56. The standard InChI is InChI=1S/C20H20N2O2S/c1-3-12-24-17-10-6-15(7-11-17)13-18-19(23)22-20(25-18)21-16-8-4-14(2)5-9-16/h4-11,13H,3,12H2,1-2H3,(H,21,22,23)/b18-13-. The van der Waals surface area contributed by atoms with E-state index in [1.54, 1.807) is 0 Å². The van der Waals surface area contributed by atoms with Gasteiger partial charge in [-0.1, -0.05) is 36.8 Å². The SMILES string of the molecule is CCCOc1ccc(/C=C2\SC(=Nc3ccc(C)cc3)NC2=O)cc1. The Balaban J connectivity index is 1.71. The van der Waals surface area contributed by atoms with Gasteiger partial charge in [0.05, 0.1) is 17.2 Å². The van der Waals surface area contributed by atoms with Crippen LogP contribution in [0.15, 0.2) is 58.4 Å². The van der Waals surface area contributed by atoms with Crippen molar-refractivity contribution in [2.75, 3.05) is 6.61 Å². The number of thioether (sulfide) groups is 1. The van der Waals surface area contributed by atoms with Crippen LogP contribution in [0.1, 0.15) is 24.5 Å². The first-order chi connectivity index (χ1) is 12.1. The molecule has 1 N–H and O–H groups in total. The lowest BCUT2D eigenvalue weighted by Gasteiger charge is -2.04. The quantitative estimate of drug-likeness (QED) is 0.795. The lowest BCUT2D eigenvalue weighted by Crippen LogP contribution is -2.19. The summed E-state index contributed by atoms with van der Waals surface area (Å²) < 4.78 is 5.57. The highest BCUT2D eigenvalue weighted by atomic mass is 32.2. The van der Waals surface area contributed by atoms with Gasteiger partial charge in [0.2, 0.25) is 0 Å². The smallest absolute Gasteiger partial charge is 0.264 e. The van der Waals surface area contributed by atoms with Gasteiger partial charge in [-0.25, -0.2) is 4.99 Å². The van der Waals surface area contributed by atoms with Gasteiger partial charge in [-0.05, 0) is 61.0 Å². The van der Waals surface area contributed by atoms with Crippen LogP contribution in [0, 0.1) is 6.92 Å². The van der Waals surface area contributed by atoms with Crippen molar-refractivity contribution in [3.8, 4) is 5.75 Å². The molecule has 0 spiro atoms. The number of aliphatic imine (C=N–C) groups is 1. The Morgan fingerprint density at radius 1 is 1.12 bits per heavy atom. The van der Waals surface area contributed by atoms with Crippen LogP contribution in [0.5, 0.6) is 5.75 Å². The van der Waals surface area contributed by atoms with Crippen LogP contribution in [0.4, 0.5) is 5.69 Å². The predicted octanol–water partition coefficient (Wildman–Crippen LogP) is 4.68. The highest BCUT2D eigenvalue weighted by Crippen LogP contribution is 2.28. The monoisotopic (exact) mass is 352 g/mol. The maximum absolute atomic E-state index is 12.1. The van der Waals surface area contributed by atoms with Crippen molar-refractivity contribution >= 4 is 34.6 Å². The molecule has 2 aromatic carbocycles. The molecule has 1 aliphatic heterocycles. The lowest BCUT2D eigenvalue weighted by molar-refractivity contribution is -0.115. The van der Waals surface area contributed by atoms with Gasteiger partial charge in [-0.15, -0.1) is 0 Å². The first-order valence-electron chi connectivity index (χ1n) is 8.23. The van der Waals surface area contributed by atoms with Crippen molar-refractivity contribution in [2.45, 2.75) is 20.3 Å². The molecule has 0 aliphatic carbocycles. The maximum Gasteiger partial charge on any atom is 0.264 e. The van der Waals surface area contributed by atoms with Gasteiger partial charge in [0.1, 0.15) is 5.75 Å². The summed E-state index contributed by atoms with van der Waals surface area (Å²) in [6.45, 7) is 4.81. The van der Waals surface area contributed by atoms with E-state index >= 15 is 0 Å². The molecule has 4 nitrogen and oxygen atoms in total. The number of carbonyl (C=O) groups excluding carboxylic acids is 1. The summed E-state index contributed by atoms with van der Waals surface area (Å²) in [7, 11) is 0. The highest BCUT2D eigenvalue weighted by molar-refractivity contribution is 8.18. The minimum Gasteiger partial charge on any atom is -0.494 e. The number of nitrogens with one attached hydrogen (secondary N) is 1. The molecule has 0 saturated carbocycles. The molecule has 0 aromatic heterocycles. The Morgan fingerprint density at radius 3 is 2.52 bits per heavy atom. The Hall–Kier alpha value is -2.53. The van der Waals surface area contributed by atoms with Gasteiger partial charge in [0, 0.05) is 0 Å². The van der Waals surface area contributed by atoms with Gasteiger partial charge in [-0.3, -0.25) is 4.79 Å². The van der Waals surface area contributed by atoms with Crippen LogP contribution >= 0.6 is 11.8 Å². The molecule has 0 unspecified atom stereocenters. The molecule has 1 amide bonds. The van der Waals surface area contributed by atoms with Crippen LogP contribution < -0.4 is 10.1 Å². The summed E-state index contributed by atoms with van der Waals surface area (Å²) in [5, 5.41) is 3.41. The fourth-order valence-corrected chi connectivity index (χ4v) is 3.09. The van der Waals surface area contributed by atoms with Crippen molar-refractivity contribution in [1.82, 2.24) is 5.32 Å². The molecule has 0 atom stereocenters. The molecule has 1 aliphatic rings. The normalized spacial score (nSPS) is 17.1. The number of carbonyl (C=O) groups is 1. The Bertz CT molecular complexity index is 809. The molecule has 1 saturated heterocycles. The molecule has 1 fully saturated rings. The van der Waals surface area contributed by atoms with Crippen LogP contribution in [0.3, 0.4) is 0 Å². The minimum absolute atomic E-state index is 0.123. The number of amidine groups is 1. The summed E-state index contributed by atoms with van der Waals surface area (Å²) in [5.41, 5.74) is 2.96.